The van der Waals surface area contributed by atoms with Gasteiger partial charge in [-0.25, -0.2) is 4.98 Å². The quantitative estimate of drug-likeness (QED) is 0.388. The molecule has 164 valence electrons. The van der Waals surface area contributed by atoms with E-state index < -0.39 is 6.10 Å². The molecular weight excluding hydrogens is 434 g/mol. The Bertz CT molecular complexity index is 1340. The molecule has 0 saturated heterocycles. The van der Waals surface area contributed by atoms with Gasteiger partial charge in [-0.2, -0.15) is 0 Å². The third-order valence-corrected chi connectivity index (χ3v) is 6.51. The Labute approximate surface area is 195 Å². The summed E-state index contributed by atoms with van der Waals surface area (Å²) in [6, 6.07) is 20.4. The standard InChI is InChI=1S/C26H21N3O3S/c1-16-26(31)29(15-22(30)18-8-4-3-5-9-18)21-14-19(11-12-23(21)32-16)24-17(2)33-25(28-24)20-10-6-7-13-27-20/h3-14,16H,15H2,1-2H3. The van der Waals surface area contributed by atoms with Gasteiger partial charge >= 0.3 is 0 Å². The molecule has 1 aliphatic heterocycles. The van der Waals surface area contributed by atoms with Crippen LogP contribution in [0.3, 0.4) is 0 Å². The number of aryl methyl sites for hydroxylation is 1. The summed E-state index contributed by atoms with van der Waals surface area (Å²) in [7, 11) is 0. The van der Waals surface area contributed by atoms with E-state index in [1.54, 1.807) is 36.6 Å². The van der Waals surface area contributed by atoms with E-state index in [1.165, 1.54) is 4.90 Å². The van der Waals surface area contributed by atoms with Crippen molar-refractivity contribution in [2.75, 3.05) is 11.4 Å². The van der Waals surface area contributed by atoms with E-state index in [0.29, 0.717) is 17.0 Å². The van der Waals surface area contributed by atoms with Gasteiger partial charge in [-0.15, -0.1) is 11.3 Å². The first-order valence-corrected chi connectivity index (χ1v) is 11.4. The minimum atomic E-state index is -0.663. The number of thiazole rings is 1. The molecule has 0 bridgehead atoms. The fourth-order valence-electron chi connectivity index (χ4n) is 3.84. The van der Waals surface area contributed by atoms with E-state index in [-0.39, 0.29) is 18.2 Å². The minimum absolute atomic E-state index is 0.0533. The number of hydrogen-bond acceptors (Lipinski definition) is 6. The highest BCUT2D eigenvalue weighted by Crippen LogP contribution is 2.40. The fourth-order valence-corrected chi connectivity index (χ4v) is 4.75. The number of carbonyl (C=O) groups is 2. The number of pyridine rings is 1. The van der Waals surface area contributed by atoms with Crippen molar-refractivity contribution in [2.24, 2.45) is 0 Å². The molecule has 2 aromatic carbocycles. The van der Waals surface area contributed by atoms with Crippen LogP contribution in [0.5, 0.6) is 5.75 Å². The molecule has 1 atom stereocenters. The van der Waals surface area contributed by atoms with Gasteiger partial charge in [0.1, 0.15) is 10.8 Å². The van der Waals surface area contributed by atoms with Gasteiger partial charge < -0.3 is 4.74 Å². The average Bonchev–Trinajstić information content (AvgIpc) is 3.24. The lowest BCUT2D eigenvalue weighted by atomic mass is 10.1. The highest BCUT2D eigenvalue weighted by Gasteiger charge is 2.33. The zero-order chi connectivity index (χ0) is 22.9. The normalized spacial score (nSPS) is 15.2. The lowest BCUT2D eigenvalue weighted by Gasteiger charge is -2.33. The van der Waals surface area contributed by atoms with Gasteiger partial charge in [0.25, 0.3) is 5.91 Å². The monoisotopic (exact) mass is 455 g/mol. The highest BCUT2D eigenvalue weighted by molar-refractivity contribution is 7.15. The minimum Gasteiger partial charge on any atom is -0.479 e. The van der Waals surface area contributed by atoms with E-state index in [1.807, 2.05) is 61.5 Å². The second-order valence-corrected chi connectivity index (χ2v) is 9.00. The van der Waals surface area contributed by atoms with Gasteiger partial charge in [0.05, 0.1) is 23.6 Å². The molecule has 0 spiro atoms. The summed E-state index contributed by atoms with van der Waals surface area (Å²) in [5.74, 6) is 0.203. The van der Waals surface area contributed by atoms with E-state index in [2.05, 4.69) is 4.98 Å². The molecule has 0 saturated carbocycles. The van der Waals surface area contributed by atoms with Crippen molar-refractivity contribution in [3.63, 3.8) is 0 Å². The predicted molar refractivity (Wildman–Crippen MR) is 129 cm³/mol. The van der Waals surface area contributed by atoms with Crippen LogP contribution in [0.2, 0.25) is 0 Å². The summed E-state index contributed by atoms with van der Waals surface area (Å²) in [6.07, 6.45) is 1.08. The van der Waals surface area contributed by atoms with E-state index in [4.69, 9.17) is 9.72 Å². The van der Waals surface area contributed by atoms with Crippen LogP contribution in [0.1, 0.15) is 22.2 Å². The van der Waals surface area contributed by atoms with E-state index in [9.17, 15) is 9.59 Å². The molecule has 0 radical (unpaired) electrons. The van der Waals surface area contributed by atoms with Crippen molar-refractivity contribution in [1.82, 2.24) is 9.97 Å². The van der Waals surface area contributed by atoms with Gasteiger partial charge in [-0.3, -0.25) is 19.5 Å². The van der Waals surface area contributed by atoms with Crippen LogP contribution in [0, 0.1) is 6.92 Å². The number of nitrogens with zero attached hydrogens (tertiary/aromatic N) is 3. The number of ketones is 1. The summed E-state index contributed by atoms with van der Waals surface area (Å²) in [5.41, 5.74) is 3.64. The maximum absolute atomic E-state index is 13.0. The van der Waals surface area contributed by atoms with Gasteiger partial charge in [0.2, 0.25) is 0 Å². The Hall–Kier alpha value is -3.84. The van der Waals surface area contributed by atoms with Crippen LogP contribution in [0.4, 0.5) is 5.69 Å². The third kappa shape index (κ3) is 4.03. The fraction of sp³-hybridized carbons (Fsp3) is 0.154. The van der Waals surface area contributed by atoms with Gasteiger partial charge in [-0.1, -0.05) is 36.4 Å². The number of carbonyl (C=O) groups excluding carboxylic acids is 2. The number of fused-ring (bicyclic) bond motifs is 1. The molecular formula is C26H21N3O3S. The molecule has 0 N–H and O–H groups in total. The van der Waals surface area contributed by atoms with Crippen LogP contribution < -0.4 is 9.64 Å². The first kappa shape index (κ1) is 21.0. The van der Waals surface area contributed by atoms with Crippen LogP contribution >= 0.6 is 11.3 Å². The molecule has 1 amide bonds. The molecule has 1 unspecified atom stereocenters. The molecule has 3 heterocycles. The summed E-state index contributed by atoms with van der Waals surface area (Å²) in [6.45, 7) is 3.66. The van der Waals surface area contributed by atoms with Crippen LogP contribution in [0.25, 0.3) is 22.0 Å². The summed E-state index contributed by atoms with van der Waals surface area (Å²) in [5, 5.41) is 0.831. The zero-order valence-electron chi connectivity index (χ0n) is 18.2. The molecule has 2 aromatic heterocycles. The highest BCUT2D eigenvalue weighted by atomic mass is 32.1. The summed E-state index contributed by atoms with van der Waals surface area (Å²) < 4.78 is 5.83. The number of hydrogen-bond donors (Lipinski definition) is 0. The van der Waals surface area contributed by atoms with Crippen molar-refractivity contribution in [2.45, 2.75) is 20.0 Å². The second-order valence-electron chi connectivity index (χ2n) is 7.79. The van der Waals surface area contributed by atoms with E-state index in [0.717, 1.165) is 26.8 Å². The molecule has 0 aliphatic carbocycles. The Morgan fingerprint density at radius 3 is 2.64 bits per heavy atom. The smallest absolute Gasteiger partial charge is 0.268 e. The number of aromatic nitrogens is 2. The number of rotatable bonds is 5. The molecule has 33 heavy (non-hydrogen) atoms. The van der Waals surface area contributed by atoms with E-state index >= 15 is 0 Å². The summed E-state index contributed by atoms with van der Waals surface area (Å²) in [4.78, 5) is 37.6. The first-order chi connectivity index (χ1) is 16.0. The summed E-state index contributed by atoms with van der Waals surface area (Å²) >= 11 is 1.57. The number of Topliss-reactive ketones (excluding diaryl/α,β-unsaturated/α-hetero) is 1. The molecule has 4 aromatic rings. The SMILES string of the molecule is Cc1sc(-c2ccccn2)nc1-c1ccc2c(c1)N(CC(=O)c1ccccc1)C(=O)C(C)O2. The molecule has 0 fully saturated rings. The molecule has 6 nitrogen and oxygen atoms in total. The Morgan fingerprint density at radius 1 is 1.09 bits per heavy atom. The third-order valence-electron chi connectivity index (χ3n) is 5.52. The lowest BCUT2D eigenvalue weighted by Crippen LogP contribution is -2.46. The van der Waals surface area contributed by atoms with Crippen molar-refractivity contribution >= 4 is 28.7 Å². The maximum atomic E-state index is 13.0. The Morgan fingerprint density at radius 2 is 1.88 bits per heavy atom. The average molecular weight is 456 g/mol. The Balaban J connectivity index is 1.52. The topological polar surface area (TPSA) is 72.4 Å². The number of amides is 1. The second kappa shape index (κ2) is 8.60. The predicted octanol–water partition coefficient (Wildman–Crippen LogP) is 5.18. The Kier molecular flexibility index (Phi) is 5.48. The maximum Gasteiger partial charge on any atom is 0.268 e. The number of benzene rings is 2. The van der Waals surface area contributed by atoms with Gasteiger partial charge in [-0.05, 0) is 44.2 Å². The van der Waals surface area contributed by atoms with Gasteiger partial charge in [0, 0.05) is 22.2 Å². The van der Waals surface area contributed by atoms with Crippen LogP contribution in [0.15, 0.2) is 72.9 Å². The van der Waals surface area contributed by atoms with Crippen LogP contribution in [-0.2, 0) is 4.79 Å². The number of anilines is 1. The van der Waals surface area contributed by atoms with Crippen molar-refractivity contribution in [3.8, 4) is 27.7 Å². The number of ether oxygens (including phenoxy) is 1. The first-order valence-electron chi connectivity index (χ1n) is 10.6. The van der Waals surface area contributed by atoms with Crippen molar-refractivity contribution < 1.29 is 14.3 Å². The van der Waals surface area contributed by atoms with Crippen molar-refractivity contribution in [3.05, 3.63) is 83.4 Å². The lowest BCUT2D eigenvalue weighted by molar-refractivity contribution is -0.125. The van der Waals surface area contributed by atoms with Gasteiger partial charge in [0.15, 0.2) is 11.9 Å². The van der Waals surface area contributed by atoms with Crippen molar-refractivity contribution in [1.29, 1.82) is 0 Å². The molecule has 7 heteroatoms. The largest absolute Gasteiger partial charge is 0.479 e. The van der Waals surface area contributed by atoms with Crippen LogP contribution in [-0.4, -0.2) is 34.3 Å². The molecule has 5 rings (SSSR count). The zero-order valence-corrected chi connectivity index (χ0v) is 19.0. The molecule has 1 aliphatic rings.